The van der Waals surface area contributed by atoms with Crippen LogP contribution < -0.4 is 0 Å². The van der Waals surface area contributed by atoms with Crippen LogP contribution in [-0.2, 0) is 24.9 Å². The molecule has 3 aromatic carbocycles. The molecule has 0 spiro atoms. The second-order valence-electron chi connectivity index (χ2n) is 7.46. The van der Waals surface area contributed by atoms with Gasteiger partial charge in [-0.25, -0.2) is 0 Å². The highest BCUT2D eigenvalue weighted by Gasteiger charge is 2.36. The van der Waals surface area contributed by atoms with Crippen LogP contribution in [0.3, 0.4) is 0 Å². The first-order valence-electron chi connectivity index (χ1n) is 9.38. The number of aliphatic hydroxyl groups is 1. The van der Waals surface area contributed by atoms with Crippen LogP contribution in [0.2, 0.25) is 0 Å². The van der Waals surface area contributed by atoms with E-state index >= 15 is 0 Å². The summed E-state index contributed by atoms with van der Waals surface area (Å²) in [6.07, 6.45) is 7.13. The molecule has 1 atom stereocenters. The van der Waals surface area contributed by atoms with Crippen LogP contribution in [0.15, 0.2) is 72.8 Å². The molecule has 0 aromatic heterocycles. The van der Waals surface area contributed by atoms with Gasteiger partial charge in [0.05, 0.1) is 0 Å². The summed E-state index contributed by atoms with van der Waals surface area (Å²) in [6, 6.07) is 21.2. The monoisotopic (exact) mass is 338 g/mol. The first kappa shape index (κ1) is 15.6. The van der Waals surface area contributed by atoms with Crippen LogP contribution in [0.5, 0.6) is 0 Å². The highest BCUT2D eigenvalue weighted by Crippen LogP contribution is 2.44. The Morgan fingerprint density at radius 1 is 0.769 bits per heavy atom. The molecule has 5 rings (SSSR count). The minimum atomic E-state index is -1.04. The molecule has 0 heterocycles. The molecule has 3 aromatic rings. The number of fused-ring (bicyclic) bond motifs is 5. The third-order valence-corrected chi connectivity index (χ3v) is 6.03. The van der Waals surface area contributed by atoms with Gasteiger partial charge in [0.25, 0.3) is 0 Å². The fourth-order valence-corrected chi connectivity index (χ4v) is 4.75. The lowest BCUT2D eigenvalue weighted by atomic mass is 9.73. The van der Waals surface area contributed by atoms with Crippen molar-refractivity contribution in [3.8, 4) is 11.1 Å². The summed E-state index contributed by atoms with van der Waals surface area (Å²) in [5.74, 6) is 0. The maximum Gasteiger partial charge on any atom is 0.134 e. The zero-order chi connectivity index (χ0) is 17.7. The van der Waals surface area contributed by atoms with E-state index in [1.807, 2.05) is 24.3 Å². The van der Waals surface area contributed by atoms with Crippen LogP contribution in [0, 0.1) is 6.92 Å². The Hall–Kier alpha value is -2.64. The summed E-state index contributed by atoms with van der Waals surface area (Å²) in [5.41, 5.74) is 8.96. The second-order valence-corrected chi connectivity index (χ2v) is 7.46. The maximum absolute atomic E-state index is 11.7. The third-order valence-electron chi connectivity index (χ3n) is 6.03. The minimum absolute atomic E-state index is 0.898. The summed E-state index contributed by atoms with van der Waals surface area (Å²) in [4.78, 5) is 0. The predicted octanol–water partition coefficient (Wildman–Crippen LogP) is 5.11. The third kappa shape index (κ3) is 2.14. The van der Waals surface area contributed by atoms with Gasteiger partial charge >= 0.3 is 0 Å². The second kappa shape index (κ2) is 5.69. The highest BCUT2D eigenvalue weighted by atomic mass is 16.3. The smallest absolute Gasteiger partial charge is 0.134 e. The molecule has 1 heteroatoms. The molecule has 2 aliphatic carbocycles. The number of allylic oxidation sites excluding steroid dienone is 1. The molecule has 0 aliphatic heterocycles. The molecule has 0 saturated carbocycles. The SMILES string of the molecule is Cc1ccccc1C1(O)C=CCc2c1ccc1c2CCc2ccccc2-1. The summed E-state index contributed by atoms with van der Waals surface area (Å²) in [7, 11) is 0. The Kier molecular flexibility index (Phi) is 3.41. The van der Waals surface area contributed by atoms with Gasteiger partial charge in [-0.15, -0.1) is 0 Å². The molecular formula is C25H22O. The van der Waals surface area contributed by atoms with Crippen LogP contribution in [-0.4, -0.2) is 5.11 Å². The molecule has 1 unspecified atom stereocenters. The van der Waals surface area contributed by atoms with Crippen molar-refractivity contribution in [2.45, 2.75) is 31.8 Å². The van der Waals surface area contributed by atoms with Crippen LogP contribution in [0.4, 0.5) is 0 Å². The zero-order valence-corrected chi connectivity index (χ0v) is 15.0. The van der Waals surface area contributed by atoms with Gasteiger partial charge in [0.1, 0.15) is 5.60 Å². The Morgan fingerprint density at radius 3 is 2.46 bits per heavy atom. The van der Waals surface area contributed by atoms with Gasteiger partial charge in [-0.05, 0) is 76.8 Å². The van der Waals surface area contributed by atoms with Crippen molar-refractivity contribution in [3.05, 3.63) is 106 Å². The van der Waals surface area contributed by atoms with Crippen molar-refractivity contribution in [3.63, 3.8) is 0 Å². The van der Waals surface area contributed by atoms with E-state index in [2.05, 4.69) is 55.5 Å². The van der Waals surface area contributed by atoms with Crippen LogP contribution >= 0.6 is 0 Å². The molecule has 0 saturated heterocycles. The van der Waals surface area contributed by atoms with Crippen molar-refractivity contribution >= 4 is 0 Å². The lowest BCUT2D eigenvalue weighted by molar-refractivity contribution is 0.130. The van der Waals surface area contributed by atoms with Crippen molar-refractivity contribution in [2.24, 2.45) is 0 Å². The number of hydrogen-bond donors (Lipinski definition) is 1. The molecule has 0 fully saturated rings. The molecule has 128 valence electrons. The van der Waals surface area contributed by atoms with E-state index in [1.54, 1.807) is 0 Å². The zero-order valence-electron chi connectivity index (χ0n) is 15.0. The van der Waals surface area contributed by atoms with E-state index in [9.17, 15) is 5.11 Å². The van der Waals surface area contributed by atoms with E-state index < -0.39 is 5.60 Å². The van der Waals surface area contributed by atoms with Gasteiger partial charge < -0.3 is 5.11 Å². The van der Waals surface area contributed by atoms with Crippen LogP contribution in [0.25, 0.3) is 11.1 Å². The molecule has 1 N–H and O–H groups in total. The first-order valence-corrected chi connectivity index (χ1v) is 9.38. The molecular weight excluding hydrogens is 316 g/mol. The lowest BCUT2D eigenvalue weighted by Gasteiger charge is -2.35. The summed E-state index contributed by atoms with van der Waals surface area (Å²) in [5, 5.41) is 11.7. The van der Waals surface area contributed by atoms with E-state index in [0.29, 0.717) is 0 Å². The Balaban J connectivity index is 1.74. The number of aryl methyl sites for hydroxylation is 2. The standard InChI is InChI=1S/C25H22O/c1-17-7-2-5-11-23(17)25(26)16-6-10-22-21-13-12-18-8-3-4-9-19(18)20(21)14-15-24(22)25/h2-9,11,14-16,26H,10,12-13H2,1H3. The average Bonchev–Trinajstić information content (AvgIpc) is 2.68. The molecule has 2 aliphatic rings. The molecule has 0 amide bonds. The van der Waals surface area contributed by atoms with E-state index in [4.69, 9.17) is 0 Å². The minimum Gasteiger partial charge on any atom is -0.377 e. The van der Waals surface area contributed by atoms with Crippen molar-refractivity contribution < 1.29 is 5.11 Å². The van der Waals surface area contributed by atoms with Crippen LogP contribution in [0.1, 0.15) is 33.4 Å². The topological polar surface area (TPSA) is 20.2 Å². The number of benzene rings is 3. The van der Waals surface area contributed by atoms with Gasteiger partial charge in [0.2, 0.25) is 0 Å². The van der Waals surface area contributed by atoms with Gasteiger partial charge in [0.15, 0.2) is 0 Å². The number of hydrogen-bond acceptors (Lipinski definition) is 1. The van der Waals surface area contributed by atoms with Crippen molar-refractivity contribution in [1.29, 1.82) is 0 Å². The Bertz CT molecular complexity index is 1040. The Labute approximate surface area is 154 Å². The normalized spacial score (nSPS) is 20.2. The maximum atomic E-state index is 11.7. The molecule has 0 bridgehead atoms. The predicted molar refractivity (Wildman–Crippen MR) is 106 cm³/mol. The van der Waals surface area contributed by atoms with E-state index in [0.717, 1.165) is 36.0 Å². The number of rotatable bonds is 1. The summed E-state index contributed by atoms with van der Waals surface area (Å²) in [6.45, 7) is 2.07. The van der Waals surface area contributed by atoms with Crippen molar-refractivity contribution in [2.75, 3.05) is 0 Å². The quantitative estimate of drug-likeness (QED) is 0.611. The van der Waals surface area contributed by atoms with Gasteiger partial charge in [-0.3, -0.25) is 0 Å². The highest BCUT2D eigenvalue weighted by molar-refractivity contribution is 5.76. The van der Waals surface area contributed by atoms with E-state index in [-0.39, 0.29) is 0 Å². The summed E-state index contributed by atoms with van der Waals surface area (Å²) >= 11 is 0. The van der Waals surface area contributed by atoms with E-state index in [1.165, 1.54) is 27.8 Å². The average molecular weight is 338 g/mol. The Morgan fingerprint density at radius 2 is 1.58 bits per heavy atom. The molecule has 1 nitrogen and oxygen atoms in total. The largest absolute Gasteiger partial charge is 0.377 e. The first-order chi connectivity index (χ1) is 12.7. The van der Waals surface area contributed by atoms with Gasteiger partial charge in [0, 0.05) is 0 Å². The molecule has 26 heavy (non-hydrogen) atoms. The van der Waals surface area contributed by atoms with Gasteiger partial charge in [-0.1, -0.05) is 66.7 Å². The lowest BCUT2D eigenvalue weighted by Crippen LogP contribution is -2.30. The fraction of sp³-hybridized carbons (Fsp3) is 0.200. The van der Waals surface area contributed by atoms with Crippen molar-refractivity contribution in [1.82, 2.24) is 0 Å². The fourth-order valence-electron chi connectivity index (χ4n) is 4.75. The van der Waals surface area contributed by atoms with Gasteiger partial charge in [-0.2, -0.15) is 0 Å². The summed E-state index contributed by atoms with van der Waals surface area (Å²) < 4.78 is 0. The molecule has 0 radical (unpaired) electrons.